The van der Waals surface area contributed by atoms with Crippen LogP contribution < -0.4 is 5.32 Å². The molecule has 0 saturated heterocycles. The van der Waals surface area contributed by atoms with Gasteiger partial charge in [0.15, 0.2) is 0 Å². The summed E-state index contributed by atoms with van der Waals surface area (Å²) in [6, 6.07) is 8.41. The fourth-order valence-corrected chi connectivity index (χ4v) is 2.50. The summed E-state index contributed by atoms with van der Waals surface area (Å²) in [5.41, 5.74) is 2.26. The van der Waals surface area contributed by atoms with Gasteiger partial charge in [-0.2, -0.15) is 0 Å². The minimum absolute atomic E-state index is 0.441. The van der Waals surface area contributed by atoms with E-state index in [0.717, 1.165) is 22.3 Å². The normalized spacial score (nSPS) is 10.7. The van der Waals surface area contributed by atoms with Crippen molar-refractivity contribution in [2.75, 3.05) is 5.32 Å². The number of benzene rings is 2. The first-order valence-corrected chi connectivity index (χ1v) is 6.62. The smallest absolute Gasteiger partial charge is 0.261 e. The number of carbonyl (C=O) groups excluding carboxylic acids is 1. The average molecular weight is 290 g/mol. The van der Waals surface area contributed by atoms with E-state index in [-0.39, 0.29) is 0 Å². The monoisotopic (exact) mass is 290 g/mol. The van der Waals surface area contributed by atoms with Crippen LogP contribution in [0.5, 0.6) is 0 Å². The van der Waals surface area contributed by atoms with Crippen LogP contribution in [0.25, 0.3) is 10.2 Å². The molecule has 0 fully saturated rings. The second-order valence-corrected chi connectivity index (χ2v) is 4.97. The number of thiazole rings is 1. The van der Waals surface area contributed by atoms with Crippen molar-refractivity contribution in [2.45, 2.75) is 0 Å². The van der Waals surface area contributed by atoms with E-state index in [2.05, 4.69) is 10.3 Å². The largest absolute Gasteiger partial charge is 0.322 e. The third kappa shape index (κ3) is 2.25. The highest BCUT2D eigenvalue weighted by molar-refractivity contribution is 7.16. The number of halogens is 2. The number of anilines is 1. The van der Waals surface area contributed by atoms with Gasteiger partial charge in [-0.05, 0) is 30.3 Å². The Labute approximate surface area is 116 Å². The Kier molecular flexibility index (Phi) is 3.15. The Hall–Kier alpha value is -2.34. The number of rotatable bonds is 2. The molecule has 3 nitrogen and oxygen atoms in total. The van der Waals surface area contributed by atoms with Crippen molar-refractivity contribution >= 4 is 33.1 Å². The zero-order valence-electron chi connectivity index (χ0n) is 10.1. The summed E-state index contributed by atoms with van der Waals surface area (Å²) in [4.78, 5) is 16.0. The molecule has 2 aromatic carbocycles. The SMILES string of the molecule is O=C(Nc1ccc2scnc2c1)c1c(F)cccc1F. The maximum Gasteiger partial charge on any atom is 0.261 e. The minimum Gasteiger partial charge on any atom is -0.322 e. The zero-order chi connectivity index (χ0) is 14.1. The summed E-state index contributed by atoms with van der Waals surface area (Å²) < 4.78 is 28.0. The number of amides is 1. The van der Waals surface area contributed by atoms with E-state index >= 15 is 0 Å². The molecule has 6 heteroatoms. The molecule has 0 radical (unpaired) electrons. The van der Waals surface area contributed by atoms with Crippen LogP contribution in [0, 0.1) is 11.6 Å². The van der Waals surface area contributed by atoms with E-state index in [1.165, 1.54) is 17.4 Å². The third-order valence-electron chi connectivity index (χ3n) is 2.78. The molecule has 1 N–H and O–H groups in total. The quantitative estimate of drug-likeness (QED) is 0.779. The number of hydrogen-bond acceptors (Lipinski definition) is 3. The summed E-state index contributed by atoms with van der Waals surface area (Å²) in [6.07, 6.45) is 0. The number of hydrogen-bond donors (Lipinski definition) is 1. The lowest BCUT2D eigenvalue weighted by Crippen LogP contribution is -2.15. The van der Waals surface area contributed by atoms with Crippen LogP contribution >= 0.6 is 11.3 Å². The summed E-state index contributed by atoms with van der Waals surface area (Å²) >= 11 is 1.47. The molecule has 3 aromatic rings. The Morgan fingerprint density at radius 3 is 2.65 bits per heavy atom. The first kappa shape index (κ1) is 12.7. The van der Waals surface area contributed by atoms with Crippen LogP contribution in [-0.4, -0.2) is 10.9 Å². The molecule has 0 atom stereocenters. The summed E-state index contributed by atoms with van der Waals surface area (Å²) in [6.45, 7) is 0. The van der Waals surface area contributed by atoms with E-state index < -0.39 is 23.1 Å². The minimum atomic E-state index is -0.891. The number of nitrogens with one attached hydrogen (secondary N) is 1. The van der Waals surface area contributed by atoms with Gasteiger partial charge in [0, 0.05) is 5.69 Å². The zero-order valence-corrected chi connectivity index (χ0v) is 10.9. The molecule has 3 rings (SSSR count). The number of carbonyl (C=O) groups is 1. The highest BCUT2D eigenvalue weighted by Gasteiger charge is 2.17. The van der Waals surface area contributed by atoms with Crippen molar-refractivity contribution in [3.63, 3.8) is 0 Å². The van der Waals surface area contributed by atoms with Crippen LogP contribution in [0.4, 0.5) is 14.5 Å². The molecule has 0 spiro atoms. The molecule has 0 unspecified atom stereocenters. The predicted octanol–water partition coefficient (Wildman–Crippen LogP) is 3.83. The third-order valence-corrected chi connectivity index (χ3v) is 3.59. The molecular weight excluding hydrogens is 282 g/mol. The van der Waals surface area contributed by atoms with Crippen molar-refractivity contribution in [1.29, 1.82) is 0 Å². The molecule has 1 aromatic heterocycles. The van der Waals surface area contributed by atoms with E-state index in [9.17, 15) is 13.6 Å². The first-order valence-electron chi connectivity index (χ1n) is 5.74. The number of fused-ring (bicyclic) bond motifs is 1. The molecule has 0 aliphatic carbocycles. The topological polar surface area (TPSA) is 42.0 Å². The first-order chi connectivity index (χ1) is 9.65. The lowest BCUT2D eigenvalue weighted by Gasteiger charge is -2.07. The fraction of sp³-hybridized carbons (Fsp3) is 0. The Morgan fingerprint density at radius 2 is 1.90 bits per heavy atom. The lowest BCUT2D eigenvalue weighted by atomic mass is 10.1. The van der Waals surface area contributed by atoms with E-state index in [4.69, 9.17) is 0 Å². The fourth-order valence-electron chi connectivity index (χ4n) is 1.84. The van der Waals surface area contributed by atoms with Gasteiger partial charge >= 0.3 is 0 Å². The van der Waals surface area contributed by atoms with Crippen molar-refractivity contribution < 1.29 is 13.6 Å². The van der Waals surface area contributed by atoms with Crippen LogP contribution in [0.3, 0.4) is 0 Å². The molecule has 1 amide bonds. The van der Waals surface area contributed by atoms with Crippen LogP contribution in [0.1, 0.15) is 10.4 Å². The van der Waals surface area contributed by atoms with Crippen molar-refractivity contribution in [2.24, 2.45) is 0 Å². The van der Waals surface area contributed by atoms with Crippen molar-refractivity contribution in [1.82, 2.24) is 4.98 Å². The molecule has 100 valence electrons. The highest BCUT2D eigenvalue weighted by atomic mass is 32.1. The van der Waals surface area contributed by atoms with E-state index in [0.29, 0.717) is 5.69 Å². The van der Waals surface area contributed by atoms with Crippen molar-refractivity contribution in [3.8, 4) is 0 Å². The van der Waals surface area contributed by atoms with Gasteiger partial charge < -0.3 is 5.32 Å². The lowest BCUT2D eigenvalue weighted by molar-refractivity contribution is 0.101. The highest BCUT2D eigenvalue weighted by Crippen LogP contribution is 2.22. The molecule has 0 bridgehead atoms. The molecule has 20 heavy (non-hydrogen) atoms. The number of nitrogens with zero attached hydrogens (tertiary/aromatic N) is 1. The van der Waals surface area contributed by atoms with Gasteiger partial charge in [0.2, 0.25) is 0 Å². The Morgan fingerprint density at radius 1 is 1.15 bits per heavy atom. The standard InChI is InChI=1S/C14H8F2N2OS/c15-9-2-1-3-10(16)13(9)14(19)18-8-4-5-12-11(6-8)17-7-20-12/h1-7H,(H,18,19). The molecule has 1 heterocycles. The van der Waals surface area contributed by atoms with Gasteiger partial charge in [0.1, 0.15) is 17.2 Å². The van der Waals surface area contributed by atoms with Gasteiger partial charge in [-0.1, -0.05) is 6.07 Å². The molecular formula is C14H8F2N2OS. The average Bonchev–Trinajstić information content (AvgIpc) is 2.85. The molecule has 0 saturated carbocycles. The van der Waals surface area contributed by atoms with Crippen LogP contribution in [0.2, 0.25) is 0 Å². The van der Waals surface area contributed by atoms with Gasteiger partial charge in [0.05, 0.1) is 15.7 Å². The maximum atomic E-state index is 13.5. The summed E-state index contributed by atoms with van der Waals surface area (Å²) in [5, 5.41) is 2.47. The van der Waals surface area contributed by atoms with Gasteiger partial charge in [-0.3, -0.25) is 4.79 Å². The predicted molar refractivity (Wildman–Crippen MR) is 73.9 cm³/mol. The Balaban J connectivity index is 1.92. The van der Waals surface area contributed by atoms with Crippen molar-refractivity contribution in [3.05, 3.63) is 59.1 Å². The Bertz CT molecular complexity index is 780. The second kappa shape index (κ2) is 4.97. The van der Waals surface area contributed by atoms with E-state index in [1.807, 2.05) is 0 Å². The van der Waals surface area contributed by atoms with Crippen LogP contribution in [0.15, 0.2) is 41.9 Å². The molecule has 0 aliphatic heterocycles. The van der Waals surface area contributed by atoms with Gasteiger partial charge in [-0.15, -0.1) is 11.3 Å². The maximum absolute atomic E-state index is 13.5. The van der Waals surface area contributed by atoms with E-state index in [1.54, 1.807) is 23.7 Å². The molecule has 0 aliphatic rings. The van der Waals surface area contributed by atoms with Crippen LogP contribution in [-0.2, 0) is 0 Å². The number of aromatic nitrogens is 1. The van der Waals surface area contributed by atoms with Gasteiger partial charge in [-0.25, -0.2) is 13.8 Å². The summed E-state index contributed by atoms with van der Waals surface area (Å²) in [7, 11) is 0. The van der Waals surface area contributed by atoms with Gasteiger partial charge in [0.25, 0.3) is 5.91 Å². The summed E-state index contributed by atoms with van der Waals surface area (Å²) in [5.74, 6) is -2.61. The second-order valence-electron chi connectivity index (χ2n) is 4.09.